The van der Waals surface area contributed by atoms with Crippen molar-refractivity contribution >= 4 is 5.91 Å². The number of hydrogen-bond acceptors (Lipinski definition) is 7. The van der Waals surface area contributed by atoms with E-state index in [0.717, 1.165) is 0 Å². The highest BCUT2D eigenvalue weighted by Crippen LogP contribution is 2.36. The summed E-state index contributed by atoms with van der Waals surface area (Å²) in [5, 5.41) is 25.0. The number of piperidine rings is 2. The molecule has 0 aliphatic carbocycles. The Kier molecular flexibility index (Phi) is 3.61. The maximum absolute atomic E-state index is 11.9. The Morgan fingerprint density at radius 2 is 2.05 bits per heavy atom. The topological polar surface area (TPSA) is 128 Å². The summed E-state index contributed by atoms with van der Waals surface area (Å²) < 4.78 is 4.90. The number of nitrogens with zero attached hydrogens (tertiary/aromatic N) is 3. The van der Waals surface area contributed by atoms with E-state index in [0.29, 0.717) is 13.2 Å². The Morgan fingerprint density at radius 3 is 2.60 bits per heavy atom. The lowest BCUT2D eigenvalue weighted by Crippen LogP contribution is -2.76. The van der Waals surface area contributed by atoms with Crippen molar-refractivity contribution < 1.29 is 19.4 Å². The molecule has 2 atom stereocenters. The monoisotopic (exact) mass is 288 g/mol. The third kappa shape index (κ3) is 2.10. The summed E-state index contributed by atoms with van der Waals surface area (Å²) >= 11 is 0. The Hall–Kier alpha value is -1.81. The summed E-state index contributed by atoms with van der Waals surface area (Å²) in [7, 11) is 1.48. The third-order valence-corrected chi connectivity index (χ3v) is 3.97. The van der Waals surface area contributed by atoms with Gasteiger partial charge in [0.25, 0.3) is 11.4 Å². The molecule has 2 aliphatic heterocycles. The molecule has 20 heavy (non-hydrogen) atoms. The van der Waals surface area contributed by atoms with Gasteiger partial charge in [-0.2, -0.15) is 0 Å². The second kappa shape index (κ2) is 4.94. The van der Waals surface area contributed by atoms with E-state index in [2.05, 4.69) is 5.32 Å². The third-order valence-electron chi connectivity index (χ3n) is 3.97. The molecule has 2 aliphatic rings. The molecule has 2 heterocycles. The Bertz CT molecular complexity index is 457. The first-order valence-electron chi connectivity index (χ1n) is 6.15. The summed E-state index contributed by atoms with van der Waals surface area (Å²) in [6, 6.07) is 0. The molecule has 2 bridgehead atoms. The van der Waals surface area contributed by atoms with Crippen LogP contribution >= 0.6 is 0 Å². The molecule has 0 aromatic carbocycles. The molecule has 0 aromatic rings. The molecule has 0 aromatic heterocycles. The molecule has 0 radical (unpaired) electrons. The van der Waals surface area contributed by atoms with Crippen molar-refractivity contribution in [1.82, 2.24) is 10.2 Å². The molecule has 0 spiro atoms. The van der Waals surface area contributed by atoms with Crippen LogP contribution < -0.4 is 5.32 Å². The van der Waals surface area contributed by atoms with Crippen LogP contribution in [0.15, 0.2) is 0 Å². The van der Waals surface area contributed by atoms with Crippen molar-refractivity contribution in [3.63, 3.8) is 0 Å². The maximum Gasteiger partial charge on any atom is 0.317 e. The lowest BCUT2D eigenvalue weighted by Gasteiger charge is -2.45. The van der Waals surface area contributed by atoms with Crippen LogP contribution in [-0.2, 0) is 9.53 Å². The van der Waals surface area contributed by atoms with E-state index in [4.69, 9.17) is 4.74 Å². The molecule has 1 N–H and O–H groups in total. The van der Waals surface area contributed by atoms with E-state index in [-0.39, 0.29) is 26.1 Å². The van der Waals surface area contributed by atoms with E-state index >= 15 is 0 Å². The fourth-order valence-corrected chi connectivity index (χ4v) is 2.95. The summed E-state index contributed by atoms with van der Waals surface area (Å²) in [6.45, 7) is 0.361. The molecule has 2 unspecified atom stereocenters. The van der Waals surface area contributed by atoms with Crippen molar-refractivity contribution in [2.24, 2.45) is 0 Å². The molecule has 2 rings (SSSR count). The second-order valence-corrected chi connectivity index (χ2v) is 5.33. The van der Waals surface area contributed by atoms with Crippen LogP contribution in [-0.4, -0.2) is 71.6 Å². The van der Waals surface area contributed by atoms with Gasteiger partial charge in [-0.1, -0.05) is 0 Å². The van der Waals surface area contributed by atoms with E-state index in [1.807, 2.05) is 0 Å². The van der Waals surface area contributed by atoms with E-state index in [1.165, 1.54) is 7.11 Å². The molecule has 10 nitrogen and oxygen atoms in total. The number of fused-ring (bicyclic) bond motifs is 2. The number of carbonyl (C=O) groups is 1. The van der Waals surface area contributed by atoms with Crippen LogP contribution in [0.3, 0.4) is 0 Å². The van der Waals surface area contributed by atoms with Gasteiger partial charge in [0.1, 0.15) is 6.42 Å². The lowest BCUT2D eigenvalue weighted by atomic mass is 9.74. The van der Waals surface area contributed by atoms with Crippen LogP contribution in [0, 0.1) is 20.2 Å². The molecular formula is C10H16N4O6. The molecule has 1 amide bonds. The Balaban J connectivity index is 2.36. The predicted octanol–water partition coefficient (Wildman–Crippen LogP) is -1.50. The number of methoxy groups -OCH3 is 1. The van der Waals surface area contributed by atoms with Gasteiger partial charge in [-0.15, -0.1) is 0 Å². The highest BCUT2D eigenvalue weighted by Gasteiger charge is 2.69. The van der Waals surface area contributed by atoms with Crippen LogP contribution in [0.4, 0.5) is 0 Å². The van der Waals surface area contributed by atoms with Crippen molar-refractivity contribution in [2.75, 3.05) is 39.9 Å². The second-order valence-electron chi connectivity index (χ2n) is 5.33. The minimum Gasteiger partial charge on any atom is -0.383 e. The highest BCUT2D eigenvalue weighted by molar-refractivity contribution is 5.86. The fourth-order valence-electron chi connectivity index (χ4n) is 2.95. The first kappa shape index (κ1) is 14.6. The van der Waals surface area contributed by atoms with Crippen molar-refractivity contribution in [3.05, 3.63) is 20.2 Å². The normalized spacial score (nSPS) is 33.5. The first-order valence-corrected chi connectivity index (χ1v) is 6.15. The minimum absolute atomic E-state index is 0.0687. The number of carbonyl (C=O) groups excluding carboxylic acids is 1. The summed E-state index contributed by atoms with van der Waals surface area (Å²) in [4.78, 5) is 35.0. The van der Waals surface area contributed by atoms with Crippen LogP contribution in [0.5, 0.6) is 0 Å². The lowest BCUT2D eigenvalue weighted by molar-refractivity contribution is -0.618. The van der Waals surface area contributed by atoms with Gasteiger partial charge in [0.15, 0.2) is 0 Å². The number of likely N-dealkylation sites (tertiary alicyclic amines) is 1. The zero-order chi connectivity index (χ0) is 15.0. The molecule has 2 fully saturated rings. The Morgan fingerprint density at radius 1 is 1.35 bits per heavy atom. The molecule has 2 saturated heterocycles. The average Bonchev–Trinajstić information content (AvgIpc) is 2.40. The number of amides is 1. The van der Waals surface area contributed by atoms with Crippen molar-refractivity contribution in [2.45, 2.75) is 17.5 Å². The van der Waals surface area contributed by atoms with Crippen molar-refractivity contribution in [3.8, 4) is 0 Å². The van der Waals surface area contributed by atoms with Gasteiger partial charge >= 0.3 is 5.54 Å². The molecular weight excluding hydrogens is 272 g/mol. The van der Waals surface area contributed by atoms with Gasteiger partial charge in [0.05, 0.1) is 26.2 Å². The maximum atomic E-state index is 11.9. The molecule has 112 valence electrons. The smallest absolute Gasteiger partial charge is 0.317 e. The van der Waals surface area contributed by atoms with Crippen LogP contribution in [0.2, 0.25) is 0 Å². The van der Waals surface area contributed by atoms with E-state index in [9.17, 15) is 25.0 Å². The standard InChI is InChI=1S/C10H16N4O6/c1-20-3-2-12-6-9(13(16)17)4-10(7-12,14(18)19)8(15)11-5-9/h2-7H2,1H3,(H,11,15). The number of nitro groups is 2. The zero-order valence-corrected chi connectivity index (χ0v) is 11.0. The summed E-state index contributed by atoms with van der Waals surface area (Å²) in [6.07, 6.45) is -0.366. The van der Waals surface area contributed by atoms with Gasteiger partial charge in [-0.3, -0.25) is 29.9 Å². The predicted molar refractivity (Wildman–Crippen MR) is 65.4 cm³/mol. The van der Waals surface area contributed by atoms with Gasteiger partial charge in [-0.25, -0.2) is 0 Å². The van der Waals surface area contributed by atoms with E-state index in [1.54, 1.807) is 4.90 Å². The average molecular weight is 288 g/mol. The van der Waals surface area contributed by atoms with Crippen LogP contribution in [0.1, 0.15) is 6.42 Å². The molecule has 10 heteroatoms. The number of nitrogens with one attached hydrogen (secondary N) is 1. The van der Waals surface area contributed by atoms with Gasteiger partial charge in [0.2, 0.25) is 0 Å². The van der Waals surface area contributed by atoms with E-state index < -0.39 is 26.8 Å². The summed E-state index contributed by atoms with van der Waals surface area (Å²) in [5.74, 6) is -0.748. The summed E-state index contributed by atoms with van der Waals surface area (Å²) in [5.41, 5.74) is -3.45. The number of rotatable bonds is 5. The van der Waals surface area contributed by atoms with Gasteiger partial charge in [0, 0.05) is 23.5 Å². The van der Waals surface area contributed by atoms with Crippen molar-refractivity contribution in [1.29, 1.82) is 0 Å². The molecule has 0 saturated carbocycles. The van der Waals surface area contributed by atoms with Crippen LogP contribution in [0.25, 0.3) is 0 Å². The first-order chi connectivity index (χ1) is 9.36. The quantitative estimate of drug-likeness (QED) is 0.481. The number of hydrogen-bond donors (Lipinski definition) is 1. The SMILES string of the molecule is COCCN1CC2([N+](=O)[O-])CNC(=O)C([N+](=O)[O-])(C1)C2. The zero-order valence-electron chi connectivity index (χ0n) is 11.0. The largest absolute Gasteiger partial charge is 0.383 e. The highest BCUT2D eigenvalue weighted by atomic mass is 16.6. The minimum atomic E-state index is -1.95. The number of ether oxygens (including phenoxy) is 1. The Labute approximate surface area is 114 Å². The fraction of sp³-hybridized carbons (Fsp3) is 0.900. The van der Waals surface area contributed by atoms with Gasteiger partial charge < -0.3 is 10.1 Å². The van der Waals surface area contributed by atoms with Gasteiger partial charge in [-0.05, 0) is 0 Å².